The van der Waals surface area contributed by atoms with Gasteiger partial charge < -0.3 is 19.3 Å². The van der Waals surface area contributed by atoms with Crippen LogP contribution in [0, 0.1) is 0 Å². The Morgan fingerprint density at radius 3 is 2.80 bits per heavy atom. The van der Waals surface area contributed by atoms with E-state index in [1.54, 1.807) is 24.5 Å². The largest absolute Gasteiger partial charge is 0.492 e. The first kappa shape index (κ1) is 17.0. The van der Waals surface area contributed by atoms with E-state index in [2.05, 4.69) is 9.88 Å². The molecule has 3 aromatic rings. The minimum atomic E-state index is -0.943. The molecule has 25 heavy (non-hydrogen) atoms. The molecule has 0 atom stereocenters. The molecule has 0 fully saturated rings. The van der Waals surface area contributed by atoms with Gasteiger partial charge in [0.15, 0.2) is 0 Å². The van der Waals surface area contributed by atoms with Crippen LogP contribution in [-0.2, 0) is 6.54 Å². The number of fused-ring (bicyclic) bond motifs is 1. The van der Waals surface area contributed by atoms with Gasteiger partial charge in [0.2, 0.25) is 0 Å². The number of carbonyl (C=O) groups is 1. The lowest BCUT2D eigenvalue weighted by Crippen LogP contribution is -2.19. The van der Waals surface area contributed by atoms with Gasteiger partial charge >= 0.3 is 5.97 Å². The minimum absolute atomic E-state index is 0.254. The van der Waals surface area contributed by atoms with E-state index in [0.29, 0.717) is 13.2 Å². The van der Waals surface area contributed by atoms with E-state index in [0.717, 1.165) is 28.9 Å². The van der Waals surface area contributed by atoms with E-state index in [9.17, 15) is 9.90 Å². The first-order valence-electron chi connectivity index (χ1n) is 8.08. The second-order valence-corrected chi connectivity index (χ2v) is 6.14. The van der Waals surface area contributed by atoms with Crippen molar-refractivity contribution in [2.24, 2.45) is 0 Å². The summed E-state index contributed by atoms with van der Waals surface area (Å²) in [5, 5.41) is 9.19. The van der Waals surface area contributed by atoms with E-state index in [4.69, 9.17) is 4.74 Å². The van der Waals surface area contributed by atoms with Crippen LogP contribution in [0.4, 0.5) is 0 Å². The summed E-state index contributed by atoms with van der Waals surface area (Å²) in [7, 11) is 4.01. The van der Waals surface area contributed by atoms with Crippen LogP contribution in [0.5, 0.6) is 5.75 Å². The van der Waals surface area contributed by atoms with Crippen molar-refractivity contribution in [2.45, 2.75) is 6.54 Å². The highest BCUT2D eigenvalue weighted by atomic mass is 16.5. The van der Waals surface area contributed by atoms with E-state index >= 15 is 0 Å². The monoisotopic (exact) mass is 339 g/mol. The Labute approximate surface area is 146 Å². The van der Waals surface area contributed by atoms with Crippen LogP contribution in [0.15, 0.2) is 48.8 Å². The Morgan fingerprint density at radius 1 is 1.24 bits per heavy atom. The minimum Gasteiger partial charge on any atom is -0.492 e. The van der Waals surface area contributed by atoms with Crippen LogP contribution < -0.4 is 4.74 Å². The number of hydrogen-bond donors (Lipinski definition) is 1. The molecule has 0 amide bonds. The number of benzene rings is 2. The molecule has 0 aliphatic carbocycles. The van der Waals surface area contributed by atoms with Gasteiger partial charge in [-0.3, -0.25) is 0 Å². The van der Waals surface area contributed by atoms with Gasteiger partial charge in [0, 0.05) is 12.1 Å². The molecule has 1 N–H and O–H groups in total. The second kappa shape index (κ2) is 7.36. The van der Waals surface area contributed by atoms with E-state index in [1.165, 1.54) is 0 Å². The number of rotatable bonds is 7. The number of nitrogens with zero attached hydrogens (tertiary/aromatic N) is 3. The summed E-state index contributed by atoms with van der Waals surface area (Å²) in [5.74, 6) is -0.109. The molecule has 6 heteroatoms. The fourth-order valence-electron chi connectivity index (χ4n) is 2.61. The molecule has 0 unspecified atom stereocenters. The van der Waals surface area contributed by atoms with Crippen LogP contribution >= 0.6 is 0 Å². The van der Waals surface area contributed by atoms with Crippen molar-refractivity contribution in [3.63, 3.8) is 0 Å². The number of aromatic carboxylic acids is 1. The average molecular weight is 339 g/mol. The van der Waals surface area contributed by atoms with Crippen molar-refractivity contribution in [1.29, 1.82) is 0 Å². The quantitative estimate of drug-likeness (QED) is 0.717. The van der Waals surface area contributed by atoms with E-state index in [1.807, 2.05) is 42.9 Å². The fraction of sp³-hybridized carbons (Fsp3) is 0.263. The molecule has 0 aliphatic rings. The zero-order chi connectivity index (χ0) is 17.8. The van der Waals surface area contributed by atoms with Gasteiger partial charge in [-0.25, -0.2) is 9.78 Å². The van der Waals surface area contributed by atoms with E-state index in [-0.39, 0.29) is 5.56 Å². The Balaban J connectivity index is 1.86. The standard InChI is InChI=1S/C19H21N3O3/c1-21(2)9-10-25-18-6-4-3-5-15(18)12-22-13-20-16-8-7-14(19(23)24)11-17(16)22/h3-8,11,13H,9-10,12H2,1-2H3,(H,23,24). The lowest BCUT2D eigenvalue weighted by atomic mass is 10.1. The van der Waals surface area contributed by atoms with Gasteiger partial charge in [-0.1, -0.05) is 18.2 Å². The van der Waals surface area contributed by atoms with E-state index < -0.39 is 5.97 Å². The summed E-state index contributed by atoms with van der Waals surface area (Å²) in [4.78, 5) is 17.6. The zero-order valence-electron chi connectivity index (χ0n) is 14.3. The Morgan fingerprint density at radius 2 is 2.04 bits per heavy atom. The van der Waals surface area contributed by atoms with Crippen molar-refractivity contribution in [3.8, 4) is 5.75 Å². The number of hydrogen-bond acceptors (Lipinski definition) is 4. The zero-order valence-corrected chi connectivity index (χ0v) is 14.3. The first-order valence-corrected chi connectivity index (χ1v) is 8.08. The van der Waals surface area contributed by atoms with Gasteiger partial charge in [0.05, 0.1) is 29.5 Å². The Hall–Kier alpha value is -2.86. The van der Waals surface area contributed by atoms with Crippen LogP contribution in [0.2, 0.25) is 0 Å². The predicted octanol–water partition coefficient (Wildman–Crippen LogP) is 2.72. The summed E-state index contributed by atoms with van der Waals surface area (Å²) in [6.45, 7) is 2.01. The number of carboxylic acids is 1. The highest BCUT2D eigenvalue weighted by Crippen LogP contribution is 2.22. The van der Waals surface area contributed by atoms with Crippen LogP contribution in [0.25, 0.3) is 11.0 Å². The number of ether oxygens (including phenoxy) is 1. The maximum atomic E-state index is 11.2. The fourth-order valence-corrected chi connectivity index (χ4v) is 2.61. The topological polar surface area (TPSA) is 67.6 Å². The number of carboxylic acid groups (broad SMARTS) is 1. The Kier molecular flexibility index (Phi) is 5.00. The van der Waals surface area contributed by atoms with Gasteiger partial charge in [-0.2, -0.15) is 0 Å². The lowest BCUT2D eigenvalue weighted by molar-refractivity contribution is 0.0697. The average Bonchev–Trinajstić information content (AvgIpc) is 2.98. The molecule has 0 radical (unpaired) electrons. The molecule has 0 bridgehead atoms. The van der Waals surface area contributed by atoms with Crippen molar-refractivity contribution >= 4 is 17.0 Å². The third-order valence-electron chi connectivity index (χ3n) is 3.98. The molecule has 2 aromatic carbocycles. The number of imidazole rings is 1. The van der Waals surface area contributed by atoms with Crippen LogP contribution in [-0.4, -0.2) is 52.8 Å². The van der Waals surface area contributed by atoms with Crippen molar-refractivity contribution in [1.82, 2.24) is 14.5 Å². The molecule has 130 valence electrons. The van der Waals surface area contributed by atoms with Gasteiger partial charge in [-0.15, -0.1) is 0 Å². The van der Waals surface area contributed by atoms with Crippen molar-refractivity contribution < 1.29 is 14.6 Å². The molecule has 0 saturated heterocycles. The highest BCUT2D eigenvalue weighted by Gasteiger charge is 2.10. The molecular formula is C19H21N3O3. The third kappa shape index (κ3) is 3.97. The summed E-state index contributed by atoms with van der Waals surface area (Å²) < 4.78 is 7.84. The molecule has 3 rings (SSSR count). The van der Waals surface area contributed by atoms with Crippen LogP contribution in [0.3, 0.4) is 0 Å². The maximum absolute atomic E-state index is 11.2. The van der Waals surface area contributed by atoms with Gasteiger partial charge in [0.1, 0.15) is 12.4 Å². The number of aromatic nitrogens is 2. The Bertz CT molecular complexity index is 887. The number of para-hydroxylation sites is 1. The molecule has 6 nitrogen and oxygen atoms in total. The molecule has 1 heterocycles. The predicted molar refractivity (Wildman–Crippen MR) is 96.3 cm³/mol. The molecular weight excluding hydrogens is 318 g/mol. The lowest BCUT2D eigenvalue weighted by Gasteiger charge is -2.14. The number of likely N-dealkylation sites (N-methyl/N-ethyl adjacent to an activating group) is 1. The van der Waals surface area contributed by atoms with Gasteiger partial charge in [-0.05, 0) is 38.4 Å². The van der Waals surface area contributed by atoms with Crippen molar-refractivity contribution in [2.75, 3.05) is 27.2 Å². The van der Waals surface area contributed by atoms with Crippen molar-refractivity contribution in [3.05, 3.63) is 59.9 Å². The SMILES string of the molecule is CN(C)CCOc1ccccc1Cn1cnc2ccc(C(=O)O)cc21. The maximum Gasteiger partial charge on any atom is 0.335 e. The molecule has 1 aromatic heterocycles. The normalized spacial score (nSPS) is 11.2. The molecule has 0 spiro atoms. The molecule has 0 aliphatic heterocycles. The summed E-state index contributed by atoms with van der Waals surface area (Å²) in [6.07, 6.45) is 1.73. The van der Waals surface area contributed by atoms with Crippen LogP contribution in [0.1, 0.15) is 15.9 Å². The first-order chi connectivity index (χ1) is 12.0. The molecule has 0 saturated carbocycles. The summed E-state index contributed by atoms with van der Waals surface area (Å²) in [6, 6.07) is 12.8. The summed E-state index contributed by atoms with van der Waals surface area (Å²) >= 11 is 0. The highest BCUT2D eigenvalue weighted by molar-refractivity contribution is 5.92. The third-order valence-corrected chi connectivity index (χ3v) is 3.98. The second-order valence-electron chi connectivity index (χ2n) is 6.14. The summed E-state index contributed by atoms with van der Waals surface area (Å²) in [5.41, 5.74) is 2.85. The van der Waals surface area contributed by atoms with Gasteiger partial charge in [0.25, 0.3) is 0 Å². The smallest absolute Gasteiger partial charge is 0.335 e.